The van der Waals surface area contributed by atoms with Gasteiger partial charge in [0.25, 0.3) is 0 Å². The largest absolute Gasteiger partial charge is 0.489 e. The number of piperidine rings is 1. The van der Waals surface area contributed by atoms with E-state index in [9.17, 15) is 0 Å². The zero-order chi connectivity index (χ0) is 46.2. The normalized spacial score (nSPS) is 15.7. The van der Waals surface area contributed by atoms with E-state index >= 15 is 0 Å². The second kappa shape index (κ2) is 16.3. The van der Waals surface area contributed by atoms with Crippen molar-refractivity contribution in [1.29, 1.82) is 0 Å². The fourth-order valence-electron chi connectivity index (χ4n) is 9.65. The number of fused-ring (bicyclic) bond motifs is 4. The summed E-state index contributed by atoms with van der Waals surface area (Å²) in [4.78, 5) is 45.0. The maximum Gasteiger partial charge on any atom is 0.138 e. The van der Waals surface area contributed by atoms with Crippen LogP contribution in [0.3, 0.4) is 0 Å². The molecule has 2 aliphatic heterocycles. The number of ether oxygens (including phenoxy) is 1. The van der Waals surface area contributed by atoms with Crippen molar-refractivity contribution in [1.82, 2.24) is 79.7 Å². The summed E-state index contributed by atoms with van der Waals surface area (Å²) in [6.45, 7) is 8.17. The lowest BCUT2D eigenvalue weighted by Crippen LogP contribution is -2.34. The van der Waals surface area contributed by atoms with Crippen LogP contribution in [-0.2, 0) is 6.42 Å². The van der Waals surface area contributed by atoms with Gasteiger partial charge in [0.05, 0.1) is 123 Å². The van der Waals surface area contributed by atoms with Crippen molar-refractivity contribution >= 4 is 54.9 Å². The molecule has 1 fully saturated rings. The lowest BCUT2D eigenvalue weighted by Gasteiger charge is -2.23. The molecule has 1 saturated heterocycles. The summed E-state index contributed by atoms with van der Waals surface area (Å²) in [5.41, 5.74) is 15.8. The maximum atomic E-state index is 6.30. The zero-order valence-electron chi connectivity index (χ0n) is 38.0. The van der Waals surface area contributed by atoms with Gasteiger partial charge in [0, 0.05) is 64.0 Å². The molecule has 13 heterocycles. The molecule has 13 rings (SSSR count). The number of nitrogens with one attached hydrogen (secondary N) is 5. The van der Waals surface area contributed by atoms with Crippen molar-refractivity contribution < 1.29 is 4.74 Å². The molecule has 0 radical (unpaired) electrons. The summed E-state index contributed by atoms with van der Waals surface area (Å²) >= 11 is 0. The average molecular weight is 912 g/mol. The van der Waals surface area contributed by atoms with Crippen LogP contribution in [0.5, 0.6) is 5.75 Å². The molecule has 2 aliphatic rings. The Hall–Kier alpha value is -8.64. The molecule has 0 aliphatic carbocycles. The second-order valence-corrected chi connectivity index (χ2v) is 18.1. The van der Waals surface area contributed by atoms with Crippen LogP contribution < -0.4 is 10.1 Å². The van der Waals surface area contributed by atoms with Gasteiger partial charge in [-0.15, -0.1) is 0 Å². The molecular weight excluding hydrogens is 867 g/mol. The molecular formula is C51H45N17O. The van der Waals surface area contributed by atoms with Gasteiger partial charge in [-0.2, -0.15) is 10.2 Å². The van der Waals surface area contributed by atoms with Gasteiger partial charge in [-0.3, -0.25) is 40.1 Å². The molecule has 1 atom stereocenters. The van der Waals surface area contributed by atoms with Crippen molar-refractivity contribution in [2.24, 2.45) is 10.9 Å². The molecule has 1 unspecified atom stereocenters. The van der Waals surface area contributed by atoms with E-state index in [0.29, 0.717) is 12.3 Å². The van der Waals surface area contributed by atoms with Crippen LogP contribution in [-0.4, -0.2) is 99.3 Å². The quantitative estimate of drug-likeness (QED) is 0.0874. The maximum absolute atomic E-state index is 6.30. The summed E-state index contributed by atoms with van der Waals surface area (Å²) in [5, 5.41) is 23.4. The van der Waals surface area contributed by atoms with E-state index in [1.54, 1.807) is 6.20 Å². The smallest absolute Gasteiger partial charge is 0.138 e. The summed E-state index contributed by atoms with van der Waals surface area (Å²) in [6.07, 6.45) is 25.8. The second-order valence-electron chi connectivity index (χ2n) is 18.1. The van der Waals surface area contributed by atoms with E-state index in [1.807, 2.05) is 96.6 Å². The Kier molecular flexibility index (Phi) is 9.60. The fraction of sp³-hybridized carbons (Fsp3) is 0.216. The van der Waals surface area contributed by atoms with Gasteiger partial charge in [-0.1, -0.05) is 6.92 Å². The Morgan fingerprint density at radius 1 is 0.696 bits per heavy atom. The first-order valence-corrected chi connectivity index (χ1v) is 23.1. The predicted molar refractivity (Wildman–Crippen MR) is 264 cm³/mol. The first-order chi connectivity index (χ1) is 33.8. The van der Waals surface area contributed by atoms with Crippen LogP contribution in [0.1, 0.15) is 55.9 Å². The number of aromatic amines is 4. The number of H-pyrrole nitrogens is 4. The number of rotatable bonds is 10. The minimum atomic E-state index is 0.170. The highest BCUT2D eigenvalue weighted by molar-refractivity contribution is 6.01. The number of aromatic nitrogens is 15. The van der Waals surface area contributed by atoms with Crippen LogP contribution in [0.15, 0.2) is 110 Å². The highest BCUT2D eigenvalue weighted by Crippen LogP contribution is 2.37. The lowest BCUT2D eigenvalue weighted by molar-refractivity contribution is 0.162. The van der Waals surface area contributed by atoms with Crippen molar-refractivity contribution in [2.75, 3.05) is 13.1 Å². The van der Waals surface area contributed by atoms with Crippen LogP contribution in [0.4, 0.5) is 0 Å². The summed E-state index contributed by atoms with van der Waals surface area (Å²) in [6, 6.07) is 10.4. The first kappa shape index (κ1) is 40.6. The van der Waals surface area contributed by atoms with Gasteiger partial charge in [0.1, 0.15) is 23.1 Å². The van der Waals surface area contributed by atoms with Gasteiger partial charge in [0.15, 0.2) is 0 Å². The SMILES string of the molecule is CC1=NC=C(c2cc3c(-c4cc5c(-n6cnc(C)c6)cncc5[nH]4)[nH]nc3c(Cc3cn(-c4cncc5[nH]c(-c6n[nH]c7cnc(-c8cncc(OC9CCNCC9)c8)cc67)cc45)cn3)n2)CC1C. The van der Waals surface area contributed by atoms with Gasteiger partial charge in [-0.25, -0.2) is 9.97 Å². The molecule has 11 aromatic heterocycles. The third-order valence-corrected chi connectivity index (χ3v) is 13.5. The zero-order valence-corrected chi connectivity index (χ0v) is 38.0. The Morgan fingerprint density at radius 2 is 1.45 bits per heavy atom. The standard InChI is InChI=1S/C51H45N17O/c1-27-8-30(16-56-29(27)3)40-14-38-50(65-66-51(38)43-12-35-44(62-43)18-54-21-47(35)67-23-28(2)58-25-67)41(60-40)10-32-24-68(26-59-32)48-22-55-19-45-36(48)11-42(61-45)49-37-13-39(57-20-46(37)63-64-49)31-9-34(17-53-15-31)69-33-4-6-52-7-5-33/h9,11-27,33,52,61-62H,4-8,10H2,1-3H3,(H,63,64)(H,65,66). The molecule has 11 aromatic rings. The lowest BCUT2D eigenvalue weighted by atomic mass is 9.93. The molecule has 18 heteroatoms. The number of allylic oxidation sites excluding steroid dienone is 1. The predicted octanol–water partition coefficient (Wildman–Crippen LogP) is 8.62. The molecule has 18 nitrogen and oxygen atoms in total. The van der Waals surface area contributed by atoms with Crippen molar-refractivity contribution in [3.8, 4) is 51.2 Å². The number of aryl methyl sites for hydroxylation is 1. The van der Waals surface area contributed by atoms with Crippen molar-refractivity contribution in [2.45, 2.75) is 52.6 Å². The van der Waals surface area contributed by atoms with Crippen molar-refractivity contribution in [3.63, 3.8) is 0 Å². The first-order valence-electron chi connectivity index (χ1n) is 23.1. The molecule has 340 valence electrons. The highest BCUT2D eigenvalue weighted by atomic mass is 16.5. The molecule has 0 spiro atoms. The van der Waals surface area contributed by atoms with Gasteiger partial charge >= 0.3 is 0 Å². The number of hydrogen-bond donors (Lipinski definition) is 5. The van der Waals surface area contributed by atoms with Crippen LogP contribution in [0.25, 0.3) is 94.6 Å². The number of imidazole rings is 2. The third kappa shape index (κ3) is 7.32. The van der Waals surface area contributed by atoms with E-state index in [2.05, 4.69) is 77.5 Å². The average Bonchev–Trinajstić information content (AvgIpc) is 4.24. The Morgan fingerprint density at radius 3 is 2.25 bits per heavy atom. The topological polar surface area (TPSA) is 223 Å². The summed E-state index contributed by atoms with van der Waals surface area (Å²) in [7, 11) is 0. The molecule has 0 bridgehead atoms. The molecule has 0 saturated carbocycles. The number of hydrogen-bond acceptors (Lipinski definition) is 12. The van der Waals surface area contributed by atoms with Crippen LogP contribution in [0, 0.1) is 12.8 Å². The third-order valence-electron chi connectivity index (χ3n) is 13.5. The van der Waals surface area contributed by atoms with Crippen LogP contribution >= 0.6 is 0 Å². The van der Waals surface area contributed by atoms with E-state index < -0.39 is 0 Å². The van der Waals surface area contributed by atoms with E-state index in [-0.39, 0.29) is 6.10 Å². The summed E-state index contributed by atoms with van der Waals surface area (Å²) < 4.78 is 10.3. The monoisotopic (exact) mass is 911 g/mol. The van der Waals surface area contributed by atoms with E-state index in [4.69, 9.17) is 34.9 Å². The highest BCUT2D eigenvalue weighted by Gasteiger charge is 2.23. The van der Waals surface area contributed by atoms with E-state index in [0.717, 1.165) is 161 Å². The Bertz CT molecular complexity index is 3830. The molecule has 0 amide bonds. The number of nitrogens with zero attached hydrogens (tertiary/aromatic N) is 12. The van der Waals surface area contributed by atoms with Crippen LogP contribution in [0.2, 0.25) is 0 Å². The van der Waals surface area contributed by atoms with Gasteiger partial charge < -0.3 is 29.2 Å². The molecule has 0 aromatic carbocycles. The van der Waals surface area contributed by atoms with Gasteiger partial charge in [-0.05, 0) is 88.0 Å². The summed E-state index contributed by atoms with van der Waals surface area (Å²) in [5.74, 6) is 1.04. The Balaban J connectivity index is 0.831. The molecule has 5 N–H and O–H groups in total. The minimum absolute atomic E-state index is 0.170. The minimum Gasteiger partial charge on any atom is -0.489 e. The van der Waals surface area contributed by atoms with E-state index in [1.165, 1.54) is 0 Å². The Labute approximate surface area is 393 Å². The molecule has 69 heavy (non-hydrogen) atoms. The fourth-order valence-corrected chi connectivity index (χ4v) is 9.65. The number of pyridine rings is 5. The number of aliphatic imine (C=N–C) groups is 1. The van der Waals surface area contributed by atoms with Gasteiger partial charge in [0.2, 0.25) is 0 Å². The van der Waals surface area contributed by atoms with Crippen molar-refractivity contribution in [3.05, 3.63) is 128 Å².